The van der Waals surface area contributed by atoms with Crippen LogP contribution in [0, 0.1) is 13.8 Å². The molecule has 0 saturated carbocycles. The van der Waals surface area contributed by atoms with Gasteiger partial charge in [-0.3, -0.25) is 0 Å². The molecule has 0 amide bonds. The summed E-state index contributed by atoms with van der Waals surface area (Å²) in [7, 11) is -2.48. The summed E-state index contributed by atoms with van der Waals surface area (Å²) < 4.78 is 25.9. The summed E-state index contributed by atoms with van der Waals surface area (Å²) in [5, 5.41) is 18.3. The normalized spacial score (nSPS) is 13.5. The van der Waals surface area contributed by atoms with Gasteiger partial charge in [-0.1, -0.05) is 0 Å². The lowest BCUT2D eigenvalue weighted by Gasteiger charge is -2.20. The highest BCUT2D eigenvalue weighted by Gasteiger charge is 2.25. The van der Waals surface area contributed by atoms with Gasteiger partial charge in [0, 0.05) is 13.6 Å². The van der Waals surface area contributed by atoms with E-state index >= 15 is 0 Å². The van der Waals surface area contributed by atoms with Crippen molar-refractivity contribution >= 4 is 16.0 Å². The summed E-state index contributed by atoms with van der Waals surface area (Å²) in [5.74, 6) is -1.18. The lowest BCUT2D eigenvalue weighted by atomic mass is 10.1. The Hall–Kier alpha value is -1.44. The third-order valence-electron chi connectivity index (χ3n) is 3.08. The van der Waals surface area contributed by atoms with E-state index in [4.69, 9.17) is 5.11 Å². The van der Waals surface area contributed by atoms with Crippen molar-refractivity contribution in [2.75, 3.05) is 13.6 Å². The van der Waals surface area contributed by atoms with Crippen molar-refractivity contribution in [2.24, 2.45) is 0 Å². The second-order valence-corrected chi connectivity index (χ2v) is 6.87. The van der Waals surface area contributed by atoms with Gasteiger partial charge in [0.05, 0.1) is 16.6 Å². The highest BCUT2D eigenvalue weighted by molar-refractivity contribution is 7.89. The molecule has 2 N–H and O–H groups in total. The van der Waals surface area contributed by atoms with Crippen molar-refractivity contribution in [3.05, 3.63) is 28.8 Å². The molecule has 112 valence electrons. The molecule has 0 spiro atoms. The molecule has 0 aromatic heterocycles. The van der Waals surface area contributed by atoms with E-state index in [0.717, 1.165) is 10.4 Å². The number of benzene rings is 1. The molecule has 1 rings (SSSR count). The Morgan fingerprint density at radius 2 is 1.90 bits per heavy atom. The molecule has 0 aliphatic rings. The number of likely N-dealkylation sites (N-methyl/N-ethyl adjacent to an activating group) is 1. The number of aromatic carboxylic acids is 1. The summed E-state index contributed by atoms with van der Waals surface area (Å²) in [6.45, 7) is 4.72. The largest absolute Gasteiger partial charge is 0.478 e. The molecular weight excluding hydrogens is 282 g/mol. The standard InChI is InChI=1S/C13H19NO5S/c1-8-5-11(13(16)17)6-12(10(8)3)20(18,19)14(4)7-9(2)15/h5-6,9,15H,7H2,1-4H3,(H,16,17)/t9-/m1/s1. The first-order chi connectivity index (χ1) is 9.07. The number of carboxylic acids is 1. The minimum atomic E-state index is -3.83. The minimum absolute atomic E-state index is 0.0435. The molecule has 1 aromatic rings. The lowest BCUT2D eigenvalue weighted by molar-refractivity contribution is 0.0696. The maximum absolute atomic E-state index is 12.4. The van der Waals surface area contributed by atoms with Crippen LogP contribution in [0.3, 0.4) is 0 Å². The van der Waals surface area contributed by atoms with Crippen LogP contribution in [0.1, 0.15) is 28.4 Å². The Morgan fingerprint density at radius 3 is 2.35 bits per heavy atom. The molecule has 0 aliphatic heterocycles. The summed E-state index contributed by atoms with van der Waals surface area (Å²) in [6, 6.07) is 2.59. The smallest absolute Gasteiger partial charge is 0.335 e. The van der Waals surface area contributed by atoms with Crippen LogP contribution in [0.4, 0.5) is 0 Å². The first kappa shape index (κ1) is 16.6. The summed E-state index contributed by atoms with van der Waals surface area (Å²) in [4.78, 5) is 11.0. The Kier molecular flexibility index (Phi) is 4.90. The number of carbonyl (C=O) groups is 1. The third kappa shape index (κ3) is 3.36. The van der Waals surface area contributed by atoms with Crippen LogP contribution in [0.15, 0.2) is 17.0 Å². The van der Waals surface area contributed by atoms with Crippen LogP contribution in [-0.2, 0) is 10.0 Å². The first-order valence-corrected chi connectivity index (χ1v) is 7.50. The van der Waals surface area contributed by atoms with Crippen LogP contribution in [0.25, 0.3) is 0 Å². The van der Waals surface area contributed by atoms with Crippen molar-refractivity contribution in [2.45, 2.75) is 31.8 Å². The average Bonchev–Trinajstić information content (AvgIpc) is 2.30. The molecule has 0 bridgehead atoms. The zero-order valence-electron chi connectivity index (χ0n) is 11.9. The maximum Gasteiger partial charge on any atom is 0.335 e. The fourth-order valence-corrected chi connectivity index (χ4v) is 3.43. The molecule has 0 aliphatic carbocycles. The summed E-state index contributed by atoms with van der Waals surface area (Å²) in [5.41, 5.74) is 1.03. The number of hydrogen-bond acceptors (Lipinski definition) is 4. The van der Waals surface area contributed by atoms with E-state index in [1.165, 1.54) is 20.0 Å². The quantitative estimate of drug-likeness (QED) is 0.846. The fourth-order valence-electron chi connectivity index (χ4n) is 1.86. The fraction of sp³-hybridized carbons (Fsp3) is 0.462. The number of sulfonamides is 1. The van der Waals surface area contributed by atoms with Crippen LogP contribution in [0.2, 0.25) is 0 Å². The predicted molar refractivity (Wildman–Crippen MR) is 74.4 cm³/mol. The van der Waals surface area contributed by atoms with Crippen LogP contribution < -0.4 is 0 Å². The summed E-state index contributed by atoms with van der Waals surface area (Å²) in [6.07, 6.45) is -0.807. The number of aliphatic hydroxyl groups is 1. The Bertz CT molecular complexity index is 622. The third-order valence-corrected chi connectivity index (χ3v) is 5.03. The molecule has 0 fully saturated rings. The number of aliphatic hydroxyl groups excluding tert-OH is 1. The monoisotopic (exact) mass is 301 g/mol. The van der Waals surface area contributed by atoms with Gasteiger partial charge in [0.15, 0.2) is 0 Å². The van der Waals surface area contributed by atoms with Crippen molar-refractivity contribution in [1.29, 1.82) is 0 Å². The Morgan fingerprint density at radius 1 is 1.35 bits per heavy atom. The molecule has 1 aromatic carbocycles. The minimum Gasteiger partial charge on any atom is -0.478 e. The van der Waals surface area contributed by atoms with E-state index in [0.29, 0.717) is 11.1 Å². The second-order valence-electron chi connectivity index (χ2n) is 4.86. The highest BCUT2D eigenvalue weighted by Crippen LogP contribution is 2.24. The second kappa shape index (κ2) is 5.90. The van der Waals surface area contributed by atoms with Gasteiger partial charge in [0.2, 0.25) is 10.0 Å². The molecule has 0 radical (unpaired) electrons. The zero-order chi connectivity index (χ0) is 15.7. The van der Waals surface area contributed by atoms with Gasteiger partial charge >= 0.3 is 5.97 Å². The molecule has 7 heteroatoms. The van der Waals surface area contributed by atoms with E-state index < -0.39 is 22.1 Å². The van der Waals surface area contributed by atoms with E-state index in [1.54, 1.807) is 13.8 Å². The van der Waals surface area contributed by atoms with Gasteiger partial charge in [-0.05, 0) is 44.0 Å². The SMILES string of the molecule is Cc1cc(C(=O)O)cc(S(=O)(=O)N(C)C[C@@H](C)O)c1C. The lowest BCUT2D eigenvalue weighted by Crippen LogP contribution is -2.33. The number of rotatable bonds is 5. The van der Waals surface area contributed by atoms with Crippen molar-refractivity contribution < 1.29 is 23.4 Å². The molecule has 0 unspecified atom stereocenters. The first-order valence-electron chi connectivity index (χ1n) is 6.06. The van der Waals surface area contributed by atoms with Gasteiger partial charge < -0.3 is 10.2 Å². The van der Waals surface area contributed by atoms with Gasteiger partial charge in [-0.25, -0.2) is 13.2 Å². The topological polar surface area (TPSA) is 94.9 Å². The molecule has 20 heavy (non-hydrogen) atoms. The van der Waals surface area contributed by atoms with E-state index in [1.807, 2.05) is 0 Å². The predicted octanol–water partition coefficient (Wildman–Crippen LogP) is 1.00. The van der Waals surface area contributed by atoms with Crippen molar-refractivity contribution in [3.8, 4) is 0 Å². The molecule has 0 saturated heterocycles. The molecule has 6 nitrogen and oxygen atoms in total. The maximum atomic E-state index is 12.4. The Balaban J connectivity index is 3.41. The van der Waals surface area contributed by atoms with Gasteiger partial charge in [-0.15, -0.1) is 0 Å². The Labute approximate surface area is 118 Å². The van der Waals surface area contributed by atoms with Crippen LogP contribution in [0.5, 0.6) is 0 Å². The average molecular weight is 301 g/mol. The van der Waals surface area contributed by atoms with Gasteiger partial charge in [0.25, 0.3) is 0 Å². The van der Waals surface area contributed by atoms with E-state index in [9.17, 15) is 18.3 Å². The number of nitrogens with zero attached hydrogens (tertiary/aromatic N) is 1. The number of carboxylic acid groups (broad SMARTS) is 1. The summed E-state index contributed by atoms with van der Waals surface area (Å²) >= 11 is 0. The van der Waals surface area contributed by atoms with Crippen LogP contribution in [-0.4, -0.2) is 48.6 Å². The van der Waals surface area contributed by atoms with E-state index in [-0.39, 0.29) is 17.0 Å². The van der Waals surface area contributed by atoms with Gasteiger partial charge in [-0.2, -0.15) is 4.31 Å². The molecule has 1 atom stereocenters. The van der Waals surface area contributed by atoms with Crippen LogP contribution >= 0.6 is 0 Å². The van der Waals surface area contributed by atoms with Gasteiger partial charge in [0.1, 0.15) is 0 Å². The van der Waals surface area contributed by atoms with Crippen molar-refractivity contribution in [3.63, 3.8) is 0 Å². The van der Waals surface area contributed by atoms with Crippen molar-refractivity contribution in [1.82, 2.24) is 4.31 Å². The zero-order valence-corrected chi connectivity index (χ0v) is 12.7. The number of aryl methyl sites for hydroxylation is 1. The molecular formula is C13H19NO5S. The van der Waals surface area contributed by atoms with E-state index in [2.05, 4.69) is 0 Å². The highest BCUT2D eigenvalue weighted by atomic mass is 32.2. The molecule has 0 heterocycles. The number of hydrogen-bond donors (Lipinski definition) is 2.